The van der Waals surface area contributed by atoms with E-state index in [-0.39, 0.29) is 0 Å². The fourth-order valence-corrected chi connectivity index (χ4v) is 3.06. The molecular formula is C13H21N3OS. The highest BCUT2D eigenvalue weighted by molar-refractivity contribution is 7.90. The van der Waals surface area contributed by atoms with Crippen molar-refractivity contribution in [3.63, 3.8) is 0 Å². The van der Waals surface area contributed by atoms with Crippen molar-refractivity contribution in [3.8, 4) is 0 Å². The zero-order valence-electron chi connectivity index (χ0n) is 11.3. The molecule has 1 atom stereocenters. The van der Waals surface area contributed by atoms with Gasteiger partial charge in [0.2, 0.25) is 0 Å². The predicted octanol–water partition coefficient (Wildman–Crippen LogP) is 2.29. The Bertz CT molecular complexity index is 405. The van der Waals surface area contributed by atoms with Crippen molar-refractivity contribution in [2.75, 3.05) is 17.7 Å². The third-order valence-corrected chi connectivity index (χ3v) is 4.27. The lowest BCUT2D eigenvalue weighted by atomic mass is 10.2. The number of hydrogen-bond acceptors (Lipinski definition) is 4. The highest BCUT2D eigenvalue weighted by Crippen LogP contribution is 2.28. The van der Waals surface area contributed by atoms with Crippen LogP contribution in [0, 0.1) is 6.92 Å². The van der Waals surface area contributed by atoms with Crippen LogP contribution < -0.4 is 4.90 Å². The highest BCUT2D eigenvalue weighted by atomic mass is 32.2. The summed E-state index contributed by atoms with van der Waals surface area (Å²) in [5, 5.41) is 0.437. The number of rotatable bonds is 4. The molecule has 0 radical (unpaired) electrons. The molecule has 1 heterocycles. The second kappa shape index (κ2) is 5.89. The zero-order chi connectivity index (χ0) is 13.1. The van der Waals surface area contributed by atoms with Gasteiger partial charge in [0.15, 0.2) is 0 Å². The van der Waals surface area contributed by atoms with E-state index in [1.165, 1.54) is 25.7 Å². The topological polar surface area (TPSA) is 52.1 Å². The first-order valence-electron chi connectivity index (χ1n) is 6.57. The lowest BCUT2D eigenvalue weighted by Gasteiger charge is -2.29. The van der Waals surface area contributed by atoms with E-state index in [1.54, 1.807) is 12.5 Å². The van der Waals surface area contributed by atoms with E-state index in [2.05, 4.69) is 21.8 Å². The lowest BCUT2D eigenvalue weighted by molar-refractivity contribution is 0.585. The summed E-state index contributed by atoms with van der Waals surface area (Å²) in [5.41, 5.74) is 1.07. The third-order valence-electron chi connectivity index (χ3n) is 3.56. The van der Waals surface area contributed by atoms with E-state index in [0.717, 1.165) is 17.9 Å². The Balaban J connectivity index is 2.31. The van der Waals surface area contributed by atoms with E-state index < -0.39 is 11.2 Å². The predicted molar refractivity (Wildman–Crippen MR) is 74.4 cm³/mol. The van der Waals surface area contributed by atoms with E-state index >= 15 is 0 Å². The first-order chi connectivity index (χ1) is 8.63. The Hall–Kier alpha value is -0.810. The molecule has 0 bridgehead atoms. The van der Waals surface area contributed by atoms with E-state index in [0.29, 0.717) is 11.2 Å². The molecule has 1 fully saturated rings. The Morgan fingerprint density at radius 1 is 1.44 bits per heavy atom. The molecule has 0 saturated heterocycles. The van der Waals surface area contributed by atoms with Crippen molar-refractivity contribution < 1.29 is 4.55 Å². The van der Waals surface area contributed by atoms with Gasteiger partial charge >= 0.3 is 5.16 Å². The lowest BCUT2D eigenvalue weighted by Crippen LogP contribution is -2.34. The molecule has 0 aromatic carbocycles. The van der Waals surface area contributed by atoms with Crippen molar-refractivity contribution in [2.45, 2.75) is 50.7 Å². The summed E-state index contributed by atoms with van der Waals surface area (Å²) < 4.78 is 11.5. The van der Waals surface area contributed by atoms with Gasteiger partial charge in [-0.15, -0.1) is 0 Å². The number of anilines is 1. The molecule has 1 aromatic rings. The van der Waals surface area contributed by atoms with Gasteiger partial charge in [-0.3, -0.25) is 0 Å². The summed E-state index contributed by atoms with van der Waals surface area (Å²) in [7, 11) is 0. The number of aryl methyl sites for hydroxylation is 1. The molecule has 0 spiro atoms. The summed E-state index contributed by atoms with van der Waals surface area (Å²) in [5.74, 6) is 0.963. The number of aromatic nitrogens is 2. The molecule has 1 saturated carbocycles. The van der Waals surface area contributed by atoms with Gasteiger partial charge in [-0.25, -0.2) is 0 Å². The Morgan fingerprint density at radius 2 is 2.11 bits per heavy atom. The van der Waals surface area contributed by atoms with E-state index in [1.807, 2.05) is 6.92 Å². The standard InChI is InChI=1S/C13H21N3OS/c1-4-16(11-7-5-6-8-11)12-10(2)9-14-13(15-12)18(3)17/h9,11H,4-8H2,1-3H3. The molecule has 0 amide bonds. The molecule has 18 heavy (non-hydrogen) atoms. The Morgan fingerprint density at radius 3 is 2.67 bits per heavy atom. The van der Waals surface area contributed by atoms with Crippen LogP contribution in [0.5, 0.6) is 0 Å². The molecule has 1 aromatic heterocycles. The van der Waals surface area contributed by atoms with Crippen LogP contribution in [0.15, 0.2) is 11.4 Å². The SMILES string of the molecule is CCN(c1nc([S+](C)[O-])ncc1C)C1CCCC1. The largest absolute Gasteiger partial charge is 0.609 e. The molecule has 0 N–H and O–H groups in total. The number of nitrogens with zero attached hydrogens (tertiary/aromatic N) is 3. The number of hydrogen-bond donors (Lipinski definition) is 0. The molecule has 0 aliphatic heterocycles. The van der Waals surface area contributed by atoms with Crippen LogP contribution in [0.2, 0.25) is 0 Å². The van der Waals surface area contributed by atoms with Crippen molar-refractivity contribution in [3.05, 3.63) is 11.8 Å². The monoisotopic (exact) mass is 267 g/mol. The summed E-state index contributed by atoms with van der Waals surface area (Å²) in [4.78, 5) is 11.0. The van der Waals surface area contributed by atoms with Gasteiger partial charge in [0.25, 0.3) is 0 Å². The van der Waals surface area contributed by atoms with E-state index in [9.17, 15) is 4.55 Å². The van der Waals surface area contributed by atoms with Gasteiger partial charge in [-0.05, 0) is 26.7 Å². The molecule has 5 heteroatoms. The van der Waals surface area contributed by atoms with Gasteiger partial charge in [0.1, 0.15) is 12.1 Å². The van der Waals surface area contributed by atoms with Crippen molar-refractivity contribution in [2.24, 2.45) is 0 Å². The minimum Gasteiger partial charge on any atom is -0.609 e. The maximum atomic E-state index is 11.5. The van der Waals surface area contributed by atoms with Gasteiger partial charge in [0, 0.05) is 35.5 Å². The van der Waals surface area contributed by atoms with Crippen LogP contribution in [0.4, 0.5) is 5.82 Å². The van der Waals surface area contributed by atoms with Crippen LogP contribution >= 0.6 is 0 Å². The average Bonchev–Trinajstić information content (AvgIpc) is 2.86. The molecule has 4 nitrogen and oxygen atoms in total. The van der Waals surface area contributed by atoms with Gasteiger partial charge in [0.05, 0.1) is 0 Å². The van der Waals surface area contributed by atoms with Crippen molar-refractivity contribution >= 4 is 17.0 Å². The minimum absolute atomic E-state index is 0.437. The normalized spacial score (nSPS) is 18.0. The second-order valence-electron chi connectivity index (χ2n) is 4.84. The Kier molecular flexibility index (Phi) is 4.45. The maximum absolute atomic E-state index is 11.5. The van der Waals surface area contributed by atoms with Crippen molar-refractivity contribution in [1.29, 1.82) is 0 Å². The van der Waals surface area contributed by atoms with Crippen molar-refractivity contribution in [1.82, 2.24) is 9.97 Å². The summed E-state index contributed by atoms with van der Waals surface area (Å²) in [6, 6.07) is 0.585. The Labute approximate surface area is 112 Å². The first kappa shape index (κ1) is 13.6. The van der Waals surface area contributed by atoms with Gasteiger partial charge in [-0.2, -0.15) is 9.97 Å². The van der Waals surface area contributed by atoms with Crippen LogP contribution in [0.1, 0.15) is 38.2 Å². The van der Waals surface area contributed by atoms with Crippen LogP contribution in [-0.2, 0) is 11.2 Å². The average molecular weight is 267 g/mol. The van der Waals surface area contributed by atoms with E-state index in [4.69, 9.17) is 0 Å². The molecular weight excluding hydrogens is 246 g/mol. The summed E-state index contributed by atoms with van der Waals surface area (Å²) in [6.07, 6.45) is 8.50. The summed E-state index contributed by atoms with van der Waals surface area (Å²) in [6.45, 7) is 5.12. The van der Waals surface area contributed by atoms with Crippen LogP contribution in [-0.4, -0.2) is 33.4 Å². The third kappa shape index (κ3) is 2.78. The molecule has 2 rings (SSSR count). The minimum atomic E-state index is -1.12. The first-order valence-corrected chi connectivity index (χ1v) is 8.13. The molecule has 1 aliphatic carbocycles. The molecule has 1 aliphatic rings. The summed E-state index contributed by atoms with van der Waals surface area (Å²) >= 11 is -1.12. The van der Waals surface area contributed by atoms with Gasteiger partial charge < -0.3 is 9.45 Å². The van der Waals surface area contributed by atoms with Crippen LogP contribution in [0.3, 0.4) is 0 Å². The molecule has 100 valence electrons. The van der Waals surface area contributed by atoms with Gasteiger partial charge in [-0.1, -0.05) is 12.8 Å². The quantitative estimate of drug-likeness (QED) is 0.620. The highest BCUT2D eigenvalue weighted by Gasteiger charge is 2.25. The fourth-order valence-electron chi connectivity index (χ4n) is 2.64. The second-order valence-corrected chi connectivity index (χ2v) is 6.11. The maximum Gasteiger partial charge on any atom is 0.344 e. The zero-order valence-corrected chi connectivity index (χ0v) is 12.2. The fraction of sp³-hybridized carbons (Fsp3) is 0.692. The van der Waals surface area contributed by atoms with Crippen LogP contribution in [0.25, 0.3) is 0 Å². The molecule has 1 unspecified atom stereocenters. The smallest absolute Gasteiger partial charge is 0.344 e.